The zero-order valence-corrected chi connectivity index (χ0v) is 15.9. The third kappa shape index (κ3) is 3.41. The first-order valence-electron chi connectivity index (χ1n) is 9.36. The number of carbonyl (C=O) groups is 1. The molecule has 1 amide bonds. The maximum atomic E-state index is 12.7. The zero-order valence-electron chi connectivity index (χ0n) is 15.9. The Morgan fingerprint density at radius 2 is 1.69 bits per heavy atom. The van der Waals surface area contributed by atoms with Gasteiger partial charge in [-0.05, 0) is 39.9 Å². The molecule has 0 saturated heterocycles. The van der Waals surface area contributed by atoms with Crippen molar-refractivity contribution < 1.29 is 14.6 Å². The molecule has 0 aliphatic heterocycles. The summed E-state index contributed by atoms with van der Waals surface area (Å²) >= 11 is 0. The molecule has 0 saturated carbocycles. The standard InChI is InChI=1S/C24H20N2O3/c1-26(23(14-25)16-7-6-8-17(27)13-16)24(28)29-15-22-20-11-4-2-9-18(20)19-10-3-5-12-21(19)22/h2-13,22-23,27H,15H2,1H3. The molecule has 1 aliphatic carbocycles. The van der Waals surface area contributed by atoms with Crippen LogP contribution in [0.5, 0.6) is 5.75 Å². The fourth-order valence-electron chi connectivity index (χ4n) is 3.88. The highest BCUT2D eigenvalue weighted by Gasteiger charge is 2.30. The molecule has 4 rings (SSSR count). The second-order valence-corrected chi connectivity index (χ2v) is 7.04. The van der Waals surface area contributed by atoms with Crippen molar-refractivity contribution in [1.82, 2.24) is 4.90 Å². The lowest BCUT2D eigenvalue weighted by Gasteiger charge is -2.24. The van der Waals surface area contributed by atoms with Crippen LogP contribution in [-0.4, -0.2) is 29.8 Å². The number of nitrogens with zero attached hydrogens (tertiary/aromatic N) is 2. The number of fused-ring (bicyclic) bond motifs is 3. The molecule has 3 aromatic rings. The van der Waals surface area contributed by atoms with Crippen LogP contribution in [0.3, 0.4) is 0 Å². The highest BCUT2D eigenvalue weighted by molar-refractivity contribution is 5.79. The summed E-state index contributed by atoms with van der Waals surface area (Å²) in [6, 6.07) is 23.8. The number of phenols is 1. The Hall–Kier alpha value is -3.78. The lowest BCUT2D eigenvalue weighted by molar-refractivity contribution is 0.101. The van der Waals surface area contributed by atoms with Gasteiger partial charge in [-0.2, -0.15) is 5.26 Å². The van der Waals surface area contributed by atoms with Gasteiger partial charge in [-0.15, -0.1) is 0 Å². The van der Waals surface area contributed by atoms with Crippen molar-refractivity contribution in [2.45, 2.75) is 12.0 Å². The van der Waals surface area contributed by atoms with Crippen LogP contribution in [0.4, 0.5) is 4.79 Å². The Kier molecular flexibility index (Phi) is 4.92. The van der Waals surface area contributed by atoms with Crippen LogP contribution in [0.25, 0.3) is 11.1 Å². The van der Waals surface area contributed by atoms with Crippen molar-refractivity contribution in [3.05, 3.63) is 89.5 Å². The van der Waals surface area contributed by atoms with Crippen molar-refractivity contribution in [2.24, 2.45) is 0 Å². The van der Waals surface area contributed by atoms with Gasteiger partial charge in [-0.3, -0.25) is 4.90 Å². The predicted molar refractivity (Wildman–Crippen MR) is 109 cm³/mol. The highest BCUT2D eigenvalue weighted by atomic mass is 16.6. The number of aromatic hydroxyl groups is 1. The molecule has 0 fully saturated rings. The van der Waals surface area contributed by atoms with E-state index in [0.29, 0.717) is 5.56 Å². The Balaban J connectivity index is 1.52. The van der Waals surface area contributed by atoms with Crippen LogP contribution in [0, 0.1) is 11.3 Å². The van der Waals surface area contributed by atoms with Crippen LogP contribution >= 0.6 is 0 Å². The van der Waals surface area contributed by atoms with E-state index in [1.54, 1.807) is 12.1 Å². The second-order valence-electron chi connectivity index (χ2n) is 7.04. The van der Waals surface area contributed by atoms with Gasteiger partial charge in [0, 0.05) is 13.0 Å². The van der Waals surface area contributed by atoms with Crippen molar-refractivity contribution >= 4 is 6.09 Å². The molecule has 0 aromatic heterocycles. The number of hydrogen-bond donors (Lipinski definition) is 1. The van der Waals surface area contributed by atoms with Crippen LogP contribution in [0.15, 0.2) is 72.8 Å². The summed E-state index contributed by atoms with van der Waals surface area (Å²) in [5.74, 6) is 0.00439. The van der Waals surface area contributed by atoms with E-state index in [0.717, 1.165) is 22.3 Å². The molecule has 1 atom stereocenters. The summed E-state index contributed by atoms with van der Waals surface area (Å²) in [6.45, 7) is 0.190. The van der Waals surface area contributed by atoms with E-state index < -0.39 is 12.1 Å². The van der Waals surface area contributed by atoms with Gasteiger partial charge in [0.1, 0.15) is 18.4 Å². The first kappa shape index (κ1) is 18.6. The summed E-state index contributed by atoms with van der Waals surface area (Å²) in [7, 11) is 1.52. The number of hydrogen-bond acceptors (Lipinski definition) is 4. The molecule has 0 radical (unpaired) electrons. The summed E-state index contributed by atoms with van der Waals surface area (Å²) in [5.41, 5.74) is 5.12. The molecule has 0 spiro atoms. The van der Waals surface area contributed by atoms with E-state index >= 15 is 0 Å². The molecule has 1 unspecified atom stereocenters. The molecule has 1 aliphatic rings. The third-order valence-electron chi connectivity index (χ3n) is 5.32. The van der Waals surface area contributed by atoms with Crippen LogP contribution in [-0.2, 0) is 4.74 Å². The van der Waals surface area contributed by atoms with E-state index in [2.05, 4.69) is 30.3 Å². The van der Waals surface area contributed by atoms with Gasteiger partial charge in [0.15, 0.2) is 0 Å². The van der Waals surface area contributed by atoms with Crippen LogP contribution in [0.2, 0.25) is 0 Å². The Morgan fingerprint density at radius 3 is 2.28 bits per heavy atom. The molecule has 0 bridgehead atoms. The number of ether oxygens (including phenoxy) is 1. The topological polar surface area (TPSA) is 73.6 Å². The lowest BCUT2D eigenvalue weighted by Crippen LogP contribution is -2.32. The maximum Gasteiger partial charge on any atom is 0.410 e. The lowest BCUT2D eigenvalue weighted by atomic mass is 9.98. The second kappa shape index (κ2) is 7.69. The molecule has 5 heteroatoms. The van der Waals surface area contributed by atoms with Crippen LogP contribution in [0.1, 0.15) is 28.7 Å². The number of carbonyl (C=O) groups excluding carboxylic acids is 1. The molecular weight excluding hydrogens is 364 g/mol. The van der Waals surface area contributed by atoms with E-state index in [9.17, 15) is 15.2 Å². The van der Waals surface area contributed by atoms with Gasteiger partial charge in [-0.25, -0.2) is 4.79 Å². The third-order valence-corrected chi connectivity index (χ3v) is 5.32. The Bertz CT molecular complexity index is 1060. The smallest absolute Gasteiger partial charge is 0.410 e. The normalized spacial score (nSPS) is 13.1. The molecule has 144 valence electrons. The average molecular weight is 384 g/mol. The fourth-order valence-corrected chi connectivity index (χ4v) is 3.88. The minimum atomic E-state index is -0.849. The van der Waals surface area contributed by atoms with Crippen molar-refractivity contribution in [3.63, 3.8) is 0 Å². The van der Waals surface area contributed by atoms with Gasteiger partial charge >= 0.3 is 6.09 Å². The number of phenolic OH excluding ortho intramolecular Hbond substituents is 1. The number of benzene rings is 3. The summed E-state index contributed by atoms with van der Waals surface area (Å²) in [5, 5.41) is 19.2. The fraction of sp³-hybridized carbons (Fsp3) is 0.167. The highest BCUT2D eigenvalue weighted by Crippen LogP contribution is 2.44. The summed E-state index contributed by atoms with van der Waals surface area (Å²) in [4.78, 5) is 13.9. The van der Waals surface area contributed by atoms with Gasteiger partial charge in [0.2, 0.25) is 0 Å². The first-order valence-corrected chi connectivity index (χ1v) is 9.36. The van der Waals surface area contributed by atoms with E-state index in [4.69, 9.17) is 4.74 Å². The molecule has 29 heavy (non-hydrogen) atoms. The van der Waals surface area contributed by atoms with E-state index in [-0.39, 0.29) is 18.3 Å². The van der Waals surface area contributed by atoms with Crippen molar-refractivity contribution in [3.8, 4) is 22.9 Å². The van der Waals surface area contributed by atoms with Crippen LogP contribution < -0.4 is 0 Å². The minimum Gasteiger partial charge on any atom is -0.508 e. The Labute approximate surface area is 169 Å². The summed E-state index contributed by atoms with van der Waals surface area (Å²) < 4.78 is 5.61. The van der Waals surface area contributed by atoms with Gasteiger partial charge in [0.25, 0.3) is 0 Å². The molecule has 5 nitrogen and oxygen atoms in total. The maximum absolute atomic E-state index is 12.7. The van der Waals surface area contributed by atoms with Crippen molar-refractivity contribution in [2.75, 3.05) is 13.7 Å². The summed E-state index contributed by atoms with van der Waals surface area (Å²) in [6.07, 6.45) is -0.582. The molecule has 3 aromatic carbocycles. The average Bonchev–Trinajstić information content (AvgIpc) is 3.06. The number of rotatable bonds is 4. The van der Waals surface area contributed by atoms with Gasteiger partial charge in [0.05, 0.1) is 6.07 Å². The SMILES string of the molecule is CN(C(=O)OCC1c2ccccc2-c2ccccc21)C(C#N)c1cccc(O)c1. The van der Waals surface area contributed by atoms with Gasteiger partial charge in [-0.1, -0.05) is 60.7 Å². The number of amides is 1. The zero-order chi connectivity index (χ0) is 20.4. The predicted octanol–water partition coefficient (Wildman–Crippen LogP) is 4.84. The number of nitriles is 1. The monoisotopic (exact) mass is 384 g/mol. The Morgan fingerprint density at radius 1 is 1.07 bits per heavy atom. The molecule has 1 N–H and O–H groups in total. The quantitative estimate of drug-likeness (QED) is 0.699. The van der Waals surface area contributed by atoms with Crippen molar-refractivity contribution in [1.29, 1.82) is 5.26 Å². The van der Waals surface area contributed by atoms with E-state index in [1.807, 2.05) is 24.3 Å². The molecule has 0 heterocycles. The first-order chi connectivity index (χ1) is 14.1. The van der Waals surface area contributed by atoms with E-state index in [1.165, 1.54) is 24.1 Å². The minimum absolute atomic E-state index is 0.0407. The molecular formula is C24H20N2O3. The largest absolute Gasteiger partial charge is 0.508 e. The van der Waals surface area contributed by atoms with Gasteiger partial charge < -0.3 is 9.84 Å².